The summed E-state index contributed by atoms with van der Waals surface area (Å²) in [5.41, 5.74) is 2.38. The molecule has 0 saturated carbocycles. The maximum absolute atomic E-state index is 10.3. The van der Waals surface area contributed by atoms with E-state index in [1.54, 1.807) is 12.1 Å². The zero-order chi connectivity index (χ0) is 12.5. The van der Waals surface area contributed by atoms with Crippen molar-refractivity contribution in [3.05, 3.63) is 64.9 Å². The molecule has 1 aromatic heterocycles. The van der Waals surface area contributed by atoms with Gasteiger partial charge < -0.3 is 10.1 Å². The molecule has 4 heteroatoms. The third kappa shape index (κ3) is 1.88. The normalized spacial score (nSPS) is 12.8. The van der Waals surface area contributed by atoms with Crippen LogP contribution in [-0.4, -0.2) is 15.1 Å². The Morgan fingerprint density at radius 3 is 2.56 bits per heavy atom. The van der Waals surface area contributed by atoms with Gasteiger partial charge in [-0.1, -0.05) is 41.9 Å². The molecule has 1 heterocycles. The summed E-state index contributed by atoms with van der Waals surface area (Å²) in [5.74, 6) is 0.504. The van der Waals surface area contributed by atoms with Gasteiger partial charge in [0, 0.05) is 10.6 Å². The number of H-pyrrole nitrogens is 1. The van der Waals surface area contributed by atoms with Gasteiger partial charge in [0.15, 0.2) is 0 Å². The lowest BCUT2D eigenvalue weighted by atomic mass is 10.1. The fraction of sp³-hybridized carbons (Fsp3) is 0.0714. The van der Waals surface area contributed by atoms with Gasteiger partial charge in [-0.15, -0.1) is 0 Å². The first kappa shape index (κ1) is 11.3. The summed E-state index contributed by atoms with van der Waals surface area (Å²) < 4.78 is 0. The average Bonchev–Trinajstić information content (AvgIpc) is 2.82. The number of hydrogen-bond donors (Lipinski definition) is 2. The van der Waals surface area contributed by atoms with Crippen LogP contribution in [0.2, 0.25) is 5.02 Å². The van der Waals surface area contributed by atoms with Crippen LogP contribution in [-0.2, 0) is 0 Å². The minimum absolute atomic E-state index is 0.504. The molecule has 18 heavy (non-hydrogen) atoms. The monoisotopic (exact) mass is 258 g/mol. The molecule has 90 valence electrons. The van der Waals surface area contributed by atoms with Crippen LogP contribution in [0.4, 0.5) is 0 Å². The first-order valence-electron chi connectivity index (χ1n) is 5.63. The number of halogens is 1. The van der Waals surface area contributed by atoms with Crippen LogP contribution in [0.3, 0.4) is 0 Å². The van der Waals surface area contributed by atoms with Gasteiger partial charge in [0.1, 0.15) is 11.9 Å². The molecule has 2 N–H and O–H groups in total. The number of nitrogens with one attached hydrogen (secondary N) is 1. The van der Waals surface area contributed by atoms with Crippen molar-refractivity contribution in [3.8, 4) is 0 Å². The second kappa shape index (κ2) is 4.44. The smallest absolute Gasteiger partial charge is 0.140 e. The van der Waals surface area contributed by atoms with Crippen LogP contribution in [0.1, 0.15) is 17.5 Å². The topological polar surface area (TPSA) is 48.9 Å². The Hall–Kier alpha value is -1.84. The summed E-state index contributed by atoms with van der Waals surface area (Å²) in [6.45, 7) is 0. The predicted octanol–water partition coefficient (Wildman–Crippen LogP) is 3.30. The molecule has 2 aromatic carbocycles. The van der Waals surface area contributed by atoms with Crippen molar-refractivity contribution in [2.45, 2.75) is 6.10 Å². The highest BCUT2D eigenvalue weighted by Gasteiger charge is 2.17. The molecule has 0 aliphatic rings. The first-order chi connectivity index (χ1) is 8.75. The second-order valence-electron chi connectivity index (χ2n) is 4.06. The van der Waals surface area contributed by atoms with E-state index in [4.69, 9.17) is 11.6 Å². The number of aliphatic hydroxyl groups excluding tert-OH is 1. The number of aromatic amines is 1. The van der Waals surface area contributed by atoms with Crippen molar-refractivity contribution >= 4 is 22.6 Å². The molecule has 3 rings (SSSR count). The van der Waals surface area contributed by atoms with Gasteiger partial charge in [0.2, 0.25) is 0 Å². The molecule has 1 atom stereocenters. The minimum Gasteiger partial charge on any atom is -0.380 e. The van der Waals surface area contributed by atoms with Gasteiger partial charge in [-0.2, -0.15) is 0 Å². The van der Waals surface area contributed by atoms with Gasteiger partial charge in [0.05, 0.1) is 11.0 Å². The number of aromatic nitrogens is 2. The van der Waals surface area contributed by atoms with Crippen LogP contribution in [0.15, 0.2) is 48.5 Å². The van der Waals surface area contributed by atoms with Crippen molar-refractivity contribution < 1.29 is 5.11 Å². The number of rotatable bonds is 2. The van der Waals surface area contributed by atoms with Gasteiger partial charge in [-0.25, -0.2) is 4.98 Å². The molecule has 0 unspecified atom stereocenters. The van der Waals surface area contributed by atoms with E-state index in [1.807, 2.05) is 36.4 Å². The van der Waals surface area contributed by atoms with Crippen molar-refractivity contribution in [1.82, 2.24) is 9.97 Å². The molecule has 0 bridgehead atoms. The van der Waals surface area contributed by atoms with Crippen LogP contribution in [0.5, 0.6) is 0 Å². The van der Waals surface area contributed by atoms with E-state index in [-0.39, 0.29) is 0 Å². The Morgan fingerprint density at radius 1 is 1.06 bits per heavy atom. The third-order valence-corrected chi connectivity index (χ3v) is 3.21. The van der Waals surface area contributed by atoms with Crippen molar-refractivity contribution in [2.24, 2.45) is 0 Å². The molecule has 0 amide bonds. The lowest BCUT2D eigenvalue weighted by molar-refractivity contribution is 0.211. The van der Waals surface area contributed by atoms with Crippen LogP contribution >= 0.6 is 11.6 Å². The number of aliphatic hydroxyl groups is 1. The zero-order valence-corrected chi connectivity index (χ0v) is 10.2. The van der Waals surface area contributed by atoms with Crippen molar-refractivity contribution in [1.29, 1.82) is 0 Å². The van der Waals surface area contributed by atoms with Gasteiger partial charge in [0.25, 0.3) is 0 Å². The largest absolute Gasteiger partial charge is 0.380 e. The van der Waals surface area contributed by atoms with Crippen LogP contribution in [0.25, 0.3) is 11.0 Å². The number of imidazole rings is 1. The molecule has 0 spiro atoms. The zero-order valence-electron chi connectivity index (χ0n) is 9.47. The lowest BCUT2D eigenvalue weighted by Gasteiger charge is -2.09. The lowest BCUT2D eigenvalue weighted by Crippen LogP contribution is -2.02. The maximum atomic E-state index is 10.3. The van der Waals surface area contributed by atoms with Crippen molar-refractivity contribution in [2.75, 3.05) is 0 Å². The molecule has 3 nitrogen and oxygen atoms in total. The van der Waals surface area contributed by atoms with Crippen LogP contribution in [0, 0.1) is 0 Å². The molecule has 0 saturated heterocycles. The maximum Gasteiger partial charge on any atom is 0.140 e. The average molecular weight is 259 g/mol. The molecule has 3 aromatic rings. The Labute approximate surface area is 109 Å². The Balaban J connectivity index is 2.07. The highest BCUT2D eigenvalue weighted by molar-refractivity contribution is 6.31. The highest BCUT2D eigenvalue weighted by Crippen LogP contribution is 2.27. The van der Waals surface area contributed by atoms with Crippen molar-refractivity contribution in [3.63, 3.8) is 0 Å². The van der Waals surface area contributed by atoms with E-state index >= 15 is 0 Å². The molecule has 0 aliphatic carbocycles. The Morgan fingerprint density at radius 2 is 1.78 bits per heavy atom. The fourth-order valence-electron chi connectivity index (χ4n) is 1.95. The summed E-state index contributed by atoms with van der Waals surface area (Å²) in [7, 11) is 0. The Bertz CT molecular complexity index is 660. The van der Waals surface area contributed by atoms with E-state index in [1.165, 1.54) is 0 Å². The number of nitrogens with zero attached hydrogens (tertiary/aromatic N) is 1. The summed E-state index contributed by atoms with van der Waals surface area (Å²) in [5, 5.41) is 10.8. The van der Waals surface area contributed by atoms with Gasteiger partial charge >= 0.3 is 0 Å². The molecule has 0 fully saturated rings. The summed E-state index contributed by atoms with van der Waals surface area (Å²) >= 11 is 6.07. The van der Waals surface area contributed by atoms with Crippen LogP contribution < -0.4 is 0 Å². The highest BCUT2D eigenvalue weighted by atomic mass is 35.5. The molecular weight excluding hydrogens is 248 g/mol. The van der Waals surface area contributed by atoms with Gasteiger partial charge in [-0.3, -0.25) is 0 Å². The minimum atomic E-state index is -0.842. The standard InChI is InChI=1S/C14H11ClN2O/c15-10-6-2-1-5-9(10)13(18)14-16-11-7-3-4-8-12(11)17-14/h1-8,13,18H,(H,16,17)/t13-/m1/s1. The van der Waals surface area contributed by atoms with E-state index in [2.05, 4.69) is 9.97 Å². The molecular formula is C14H11ClN2O. The number of hydrogen-bond acceptors (Lipinski definition) is 2. The van der Waals surface area contributed by atoms with E-state index in [0.29, 0.717) is 16.4 Å². The third-order valence-electron chi connectivity index (χ3n) is 2.87. The fourth-order valence-corrected chi connectivity index (χ4v) is 2.19. The quantitative estimate of drug-likeness (QED) is 0.741. The Kier molecular flexibility index (Phi) is 2.78. The number of fused-ring (bicyclic) bond motifs is 1. The SMILES string of the molecule is O[C@@H](c1nc2ccccc2[nH]1)c1ccccc1Cl. The summed E-state index contributed by atoms with van der Waals surface area (Å²) in [4.78, 5) is 7.47. The number of para-hydroxylation sites is 2. The number of benzene rings is 2. The summed E-state index contributed by atoms with van der Waals surface area (Å²) in [6.07, 6.45) is -0.842. The summed E-state index contributed by atoms with van der Waals surface area (Å²) in [6, 6.07) is 14.9. The first-order valence-corrected chi connectivity index (χ1v) is 6.00. The van der Waals surface area contributed by atoms with E-state index < -0.39 is 6.10 Å². The second-order valence-corrected chi connectivity index (χ2v) is 4.47. The van der Waals surface area contributed by atoms with E-state index in [9.17, 15) is 5.11 Å². The molecule has 0 aliphatic heterocycles. The molecule has 0 radical (unpaired) electrons. The van der Waals surface area contributed by atoms with E-state index in [0.717, 1.165) is 11.0 Å². The van der Waals surface area contributed by atoms with Gasteiger partial charge in [-0.05, 0) is 18.2 Å². The predicted molar refractivity (Wildman–Crippen MR) is 71.6 cm³/mol.